The predicted octanol–water partition coefficient (Wildman–Crippen LogP) is 5.18. The highest BCUT2D eigenvalue weighted by molar-refractivity contribution is 5.80. The van der Waals surface area contributed by atoms with Gasteiger partial charge in [0.1, 0.15) is 0 Å². The van der Waals surface area contributed by atoms with Gasteiger partial charge in [-0.3, -0.25) is 4.90 Å². The molecule has 0 amide bonds. The van der Waals surface area contributed by atoms with Gasteiger partial charge in [0.25, 0.3) is 0 Å². The molecule has 0 radical (unpaired) electrons. The Balaban J connectivity index is 1.38. The molecule has 2 aliphatic heterocycles. The lowest BCUT2D eigenvalue weighted by atomic mass is 9.83. The molecule has 0 atom stereocenters. The largest absolute Gasteiger partial charge is 0.381 e. The fourth-order valence-corrected chi connectivity index (χ4v) is 5.95. The van der Waals surface area contributed by atoms with Gasteiger partial charge >= 0.3 is 0 Å². The van der Waals surface area contributed by atoms with Gasteiger partial charge in [0.15, 0.2) is 0 Å². The van der Waals surface area contributed by atoms with E-state index < -0.39 is 0 Å². The van der Waals surface area contributed by atoms with Gasteiger partial charge in [-0.2, -0.15) is 0 Å². The minimum Gasteiger partial charge on any atom is -0.381 e. The Labute approximate surface area is 189 Å². The van der Waals surface area contributed by atoms with Gasteiger partial charge in [-0.05, 0) is 87.1 Å². The number of allylic oxidation sites excluding steroid dienone is 2. The van der Waals surface area contributed by atoms with Gasteiger partial charge in [0.2, 0.25) is 0 Å². The number of hydrogen-bond donors (Lipinski definition) is 0. The summed E-state index contributed by atoms with van der Waals surface area (Å²) in [5.74, 6) is 0. The number of methoxy groups -OCH3 is 1. The van der Waals surface area contributed by atoms with Gasteiger partial charge in [0.05, 0.1) is 6.10 Å². The van der Waals surface area contributed by atoms with E-state index >= 15 is 0 Å². The number of nitrogens with zero attached hydrogens (tertiary/aromatic N) is 3. The number of piperidine rings is 1. The van der Waals surface area contributed by atoms with Crippen molar-refractivity contribution in [2.24, 2.45) is 5.41 Å². The summed E-state index contributed by atoms with van der Waals surface area (Å²) in [6, 6.07) is 7.35. The maximum absolute atomic E-state index is 5.60. The number of anilines is 2. The van der Waals surface area contributed by atoms with Crippen LogP contribution in [-0.2, 0) is 4.74 Å². The van der Waals surface area contributed by atoms with E-state index in [2.05, 4.69) is 45.9 Å². The molecule has 0 bridgehead atoms. The van der Waals surface area contributed by atoms with Crippen LogP contribution in [0.2, 0.25) is 0 Å². The molecule has 2 aliphatic carbocycles. The van der Waals surface area contributed by atoms with E-state index in [-0.39, 0.29) is 0 Å². The summed E-state index contributed by atoms with van der Waals surface area (Å²) in [5, 5.41) is 0. The van der Waals surface area contributed by atoms with Crippen LogP contribution in [0.4, 0.5) is 11.4 Å². The standard InChI is InChI=1S/C27H41N3O/c1-3-14-28-17-19-30(20-18-28)26-5-4-23(29-15-8-24(31-2)9-16-29)21-25(26)22-6-10-27(11-7-22)12-13-27/h4-6,21,24H,3,7-20H2,1-2H3. The van der Waals surface area contributed by atoms with Crippen molar-refractivity contribution < 1.29 is 4.74 Å². The summed E-state index contributed by atoms with van der Waals surface area (Å²) < 4.78 is 5.60. The molecule has 1 spiro atoms. The first-order valence-corrected chi connectivity index (χ1v) is 12.8. The van der Waals surface area contributed by atoms with Crippen LogP contribution in [0.15, 0.2) is 24.3 Å². The summed E-state index contributed by atoms with van der Waals surface area (Å²) in [6.45, 7) is 10.4. The Morgan fingerprint density at radius 1 is 0.968 bits per heavy atom. The quantitative estimate of drug-likeness (QED) is 0.627. The van der Waals surface area contributed by atoms with Gasteiger partial charge < -0.3 is 14.5 Å². The van der Waals surface area contributed by atoms with Crippen molar-refractivity contribution in [3.8, 4) is 0 Å². The van der Waals surface area contributed by atoms with Crippen LogP contribution in [0.25, 0.3) is 5.57 Å². The first kappa shape index (κ1) is 21.3. The molecular weight excluding hydrogens is 382 g/mol. The van der Waals surface area contributed by atoms with Gasteiger partial charge in [-0.15, -0.1) is 0 Å². The molecule has 5 rings (SSSR count). The van der Waals surface area contributed by atoms with E-state index in [0.29, 0.717) is 11.5 Å². The summed E-state index contributed by atoms with van der Waals surface area (Å²) in [6.07, 6.45) is 13.4. The molecule has 2 saturated heterocycles. The Morgan fingerprint density at radius 3 is 2.35 bits per heavy atom. The summed E-state index contributed by atoms with van der Waals surface area (Å²) in [7, 11) is 1.86. The zero-order valence-electron chi connectivity index (χ0n) is 19.7. The lowest BCUT2D eigenvalue weighted by molar-refractivity contribution is 0.0819. The molecule has 170 valence electrons. The van der Waals surface area contributed by atoms with E-state index in [9.17, 15) is 0 Å². The first-order chi connectivity index (χ1) is 15.2. The normalized spacial score (nSPS) is 24.5. The van der Waals surface area contributed by atoms with Crippen molar-refractivity contribution in [2.75, 3.05) is 62.7 Å². The highest BCUT2D eigenvalue weighted by Gasteiger charge is 2.43. The summed E-state index contributed by atoms with van der Waals surface area (Å²) in [4.78, 5) is 7.86. The van der Waals surface area contributed by atoms with E-state index in [1.54, 1.807) is 5.57 Å². The lowest BCUT2D eigenvalue weighted by Gasteiger charge is -2.38. The topological polar surface area (TPSA) is 19.0 Å². The Bertz CT molecular complexity index is 784. The first-order valence-electron chi connectivity index (χ1n) is 12.8. The second kappa shape index (κ2) is 9.15. The SMILES string of the molecule is CCCN1CCN(c2ccc(N3CCC(OC)CC3)cc2C2=CCC3(CC2)CC3)CC1. The van der Waals surface area contributed by atoms with Crippen LogP contribution in [0.1, 0.15) is 63.9 Å². The molecule has 2 heterocycles. The number of hydrogen-bond acceptors (Lipinski definition) is 4. The number of piperazine rings is 1. The van der Waals surface area contributed by atoms with Crippen LogP contribution < -0.4 is 9.80 Å². The highest BCUT2D eigenvalue weighted by Crippen LogP contribution is 2.57. The number of rotatable bonds is 6. The van der Waals surface area contributed by atoms with Crippen LogP contribution >= 0.6 is 0 Å². The average Bonchev–Trinajstić information content (AvgIpc) is 3.59. The van der Waals surface area contributed by atoms with Crippen LogP contribution in [0, 0.1) is 5.41 Å². The van der Waals surface area contributed by atoms with Crippen LogP contribution in [0.3, 0.4) is 0 Å². The molecule has 4 nitrogen and oxygen atoms in total. The third-order valence-corrected chi connectivity index (χ3v) is 8.38. The van der Waals surface area contributed by atoms with E-state index in [1.807, 2.05) is 7.11 Å². The molecular formula is C27H41N3O. The summed E-state index contributed by atoms with van der Waals surface area (Å²) >= 11 is 0. The fraction of sp³-hybridized carbons (Fsp3) is 0.704. The Hall–Kier alpha value is -1.52. The van der Waals surface area contributed by atoms with Gasteiger partial charge in [-0.1, -0.05) is 13.0 Å². The number of ether oxygens (including phenoxy) is 1. The Kier molecular flexibility index (Phi) is 6.30. The molecule has 1 aromatic carbocycles. The van der Waals surface area contributed by atoms with Gasteiger partial charge in [0, 0.05) is 63.3 Å². The van der Waals surface area contributed by atoms with Crippen molar-refractivity contribution in [1.29, 1.82) is 0 Å². The highest BCUT2D eigenvalue weighted by atomic mass is 16.5. The predicted molar refractivity (Wildman–Crippen MR) is 131 cm³/mol. The molecule has 4 heteroatoms. The molecule has 4 aliphatic rings. The van der Waals surface area contributed by atoms with Crippen LogP contribution in [0.5, 0.6) is 0 Å². The van der Waals surface area contributed by atoms with Crippen molar-refractivity contribution >= 4 is 16.9 Å². The van der Waals surface area contributed by atoms with E-state index in [0.717, 1.165) is 39.0 Å². The smallest absolute Gasteiger partial charge is 0.0605 e. The fourth-order valence-electron chi connectivity index (χ4n) is 5.95. The molecule has 1 aromatic rings. The van der Waals surface area contributed by atoms with Crippen molar-refractivity contribution in [3.63, 3.8) is 0 Å². The minimum absolute atomic E-state index is 0.435. The maximum atomic E-state index is 5.60. The monoisotopic (exact) mass is 423 g/mol. The second-order valence-corrected chi connectivity index (χ2v) is 10.4. The third-order valence-electron chi connectivity index (χ3n) is 8.38. The van der Waals surface area contributed by atoms with E-state index in [4.69, 9.17) is 4.74 Å². The van der Waals surface area contributed by atoms with Crippen molar-refractivity contribution in [3.05, 3.63) is 29.8 Å². The molecule has 0 aromatic heterocycles. The average molecular weight is 424 g/mol. The zero-order chi connectivity index (χ0) is 21.3. The van der Waals surface area contributed by atoms with Crippen molar-refractivity contribution in [1.82, 2.24) is 4.90 Å². The second-order valence-electron chi connectivity index (χ2n) is 10.4. The molecule has 0 N–H and O–H groups in total. The lowest BCUT2D eigenvalue weighted by Crippen LogP contribution is -2.46. The zero-order valence-corrected chi connectivity index (χ0v) is 19.7. The van der Waals surface area contributed by atoms with E-state index in [1.165, 1.54) is 75.1 Å². The molecule has 3 fully saturated rings. The van der Waals surface area contributed by atoms with Crippen molar-refractivity contribution in [2.45, 2.75) is 64.4 Å². The summed E-state index contributed by atoms with van der Waals surface area (Å²) in [5.41, 5.74) is 6.70. The minimum atomic E-state index is 0.435. The maximum Gasteiger partial charge on any atom is 0.0605 e. The number of benzene rings is 1. The third kappa shape index (κ3) is 4.66. The molecule has 0 unspecified atom stereocenters. The molecule has 31 heavy (non-hydrogen) atoms. The van der Waals surface area contributed by atoms with Crippen LogP contribution in [-0.4, -0.2) is 63.9 Å². The Morgan fingerprint density at radius 2 is 1.74 bits per heavy atom. The van der Waals surface area contributed by atoms with Gasteiger partial charge in [-0.25, -0.2) is 0 Å². The molecule has 1 saturated carbocycles.